The largest absolute Gasteiger partial charge is 0.493 e. The van der Waals surface area contributed by atoms with Crippen LogP contribution in [0.3, 0.4) is 0 Å². The van der Waals surface area contributed by atoms with Crippen molar-refractivity contribution in [2.24, 2.45) is 0 Å². The molecule has 0 saturated carbocycles. The summed E-state index contributed by atoms with van der Waals surface area (Å²) in [6.07, 6.45) is -4.96. The Hall–Kier alpha value is -2.79. The summed E-state index contributed by atoms with van der Waals surface area (Å²) < 4.78 is 92.0. The zero-order valence-corrected chi connectivity index (χ0v) is 19.7. The summed E-state index contributed by atoms with van der Waals surface area (Å²) in [4.78, 5) is 7.78. The van der Waals surface area contributed by atoms with Crippen LogP contribution in [0.1, 0.15) is 43.3 Å². The lowest BCUT2D eigenvalue weighted by molar-refractivity contribution is -0.275. The van der Waals surface area contributed by atoms with Gasteiger partial charge in [0.2, 0.25) is 0 Å². The smallest absolute Gasteiger partial charge is 0.419 e. The number of benzene rings is 2. The molecule has 35 heavy (non-hydrogen) atoms. The zero-order valence-electron chi connectivity index (χ0n) is 18.9. The molecule has 0 radical (unpaired) electrons. The predicted molar refractivity (Wildman–Crippen MR) is 117 cm³/mol. The molecular weight excluding hydrogens is 500 g/mol. The van der Waals surface area contributed by atoms with E-state index in [0.717, 1.165) is 19.4 Å². The Kier molecular flexibility index (Phi) is 5.87. The maximum Gasteiger partial charge on any atom is 0.419 e. The fourth-order valence-electron chi connectivity index (χ4n) is 4.81. The number of aryl methyl sites for hydroxylation is 1. The monoisotopic (exact) mass is 519 g/mol. The van der Waals surface area contributed by atoms with Crippen LogP contribution in [0.5, 0.6) is 5.75 Å². The molecule has 1 heterocycles. The van der Waals surface area contributed by atoms with Gasteiger partial charge < -0.3 is 15.2 Å². The van der Waals surface area contributed by atoms with Crippen LogP contribution >= 0.6 is 11.6 Å². The van der Waals surface area contributed by atoms with Gasteiger partial charge in [0.25, 0.3) is 0 Å². The third-order valence-electron chi connectivity index (χ3n) is 6.27. The highest BCUT2D eigenvalue weighted by Gasteiger charge is 2.64. The van der Waals surface area contributed by atoms with Crippen LogP contribution in [-0.4, -0.2) is 34.0 Å². The molecule has 1 aromatic heterocycles. The number of hydrogen-bond donors (Lipinski definition) is 2. The van der Waals surface area contributed by atoms with Gasteiger partial charge in [0.1, 0.15) is 11.3 Å². The molecule has 0 amide bonds. The van der Waals surface area contributed by atoms with E-state index >= 15 is 0 Å². The van der Waals surface area contributed by atoms with Crippen molar-refractivity contribution in [2.45, 2.75) is 50.4 Å². The summed E-state index contributed by atoms with van der Waals surface area (Å²) >= 11 is 5.98. The number of rotatable bonds is 3. The first-order valence-corrected chi connectivity index (χ1v) is 10.7. The molecule has 2 N–H and O–H groups in total. The van der Waals surface area contributed by atoms with Gasteiger partial charge in [-0.3, -0.25) is 0 Å². The number of alkyl halides is 3. The highest BCUT2D eigenvalue weighted by atomic mass is 35.5. The minimum atomic E-state index is -5.19. The number of methoxy groups -OCH3 is 1. The molecule has 0 aliphatic heterocycles. The van der Waals surface area contributed by atoms with E-state index in [4.69, 9.17) is 16.3 Å². The van der Waals surface area contributed by atoms with Crippen LogP contribution in [0.4, 0.5) is 32.0 Å². The molecule has 2 unspecified atom stereocenters. The van der Waals surface area contributed by atoms with Gasteiger partial charge in [0.15, 0.2) is 28.8 Å². The third-order valence-corrected chi connectivity index (χ3v) is 6.54. The van der Waals surface area contributed by atoms with Gasteiger partial charge in [0.05, 0.1) is 18.2 Å². The van der Waals surface area contributed by atoms with E-state index in [1.54, 1.807) is 0 Å². The summed E-state index contributed by atoms with van der Waals surface area (Å²) in [6.45, 7) is 4.23. The Balaban J connectivity index is 2.04. The molecule has 12 heteroatoms. The van der Waals surface area contributed by atoms with E-state index in [-0.39, 0.29) is 33.8 Å². The van der Waals surface area contributed by atoms with Gasteiger partial charge in [-0.15, -0.1) is 0 Å². The number of hydrogen-bond acceptors (Lipinski definition) is 5. The Morgan fingerprint density at radius 1 is 1.17 bits per heavy atom. The summed E-state index contributed by atoms with van der Waals surface area (Å²) in [6, 6.07) is -0.395. The minimum Gasteiger partial charge on any atom is -0.493 e. The number of nitrogens with zero attached hydrogens (tertiary/aromatic N) is 2. The van der Waals surface area contributed by atoms with Crippen molar-refractivity contribution in [3.63, 3.8) is 0 Å². The number of aromatic nitrogens is 2. The van der Waals surface area contributed by atoms with Crippen LogP contribution in [0.2, 0.25) is 5.02 Å². The van der Waals surface area contributed by atoms with E-state index in [2.05, 4.69) is 15.3 Å². The van der Waals surface area contributed by atoms with Gasteiger partial charge in [-0.2, -0.15) is 13.2 Å². The average molecular weight is 520 g/mol. The number of nitrogens with one attached hydrogen (secondary N) is 1. The van der Waals surface area contributed by atoms with E-state index in [0.29, 0.717) is 6.07 Å². The first-order valence-electron chi connectivity index (χ1n) is 10.4. The molecule has 2 atom stereocenters. The molecule has 188 valence electrons. The quantitative estimate of drug-likeness (QED) is 0.407. The lowest BCUT2D eigenvalue weighted by atomic mass is 9.63. The molecule has 0 saturated heterocycles. The molecule has 0 spiro atoms. The topological polar surface area (TPSA) is 67.3 Å². The van der Waals surface area contributed by atoms with E-state index < -0.39 is 57.6 Å². The van der Waals surface area contributed by atoms with E-state index in [9.17, 15) is 31.4 Å². The standard InChI is InChI=1S/C23H20ClF6N3O2/c1-9-31-7-11-14(6-13(25)17(27)18(11)32-9)33-20-10-5-12(24)16(26)19(35-4)15(10)21(2,3)8-22(20,34)23(28,29)30/h5-7,20,33-34H,8H2,1-4H3. The summed E-state index contributed by atoms with van der Waals surface area (Å²) in [5, 5.41) is 13.0. The maximum absolute atomic E-state index is 14.8. The SMILES string of the molecule is COc1c(F)c(Cl)cc2c1C(C)(C)CC(O)(C(F)(F)F)C2Nc1cc(F)c(F)c2nc(C)ncc12. The number of ether oxygens (including phenoxy) is 1. The van der Waals surface area contributed by atoms with Crippen molar-refractivity contribution in [3.8, 4) is 5.75 Å². The first-order chi connectivity index (χ1) is 16.1. The number of halogens is 7. The molecule has 3 aromatic rings. The van der Waals surface area contributed by atoms with Crippen molar-refractivity contribution in [3.05, 3.63) is 57.8 Å². The van der Waals surface area contributed by atoms with Crippen molar-refractivity contribution >= 4 is 28.2 Å². The Bertz CT molecular complexity index is 1350. The van der Waals surface area contributed by atoms with Gasteiger partial charge in [0, 0.05) is 28.9 Å². The number of anilines is 1. The molecule has 0 bridgehead atoms. The normalized spacial score (nSPS) is 21.7. The fourth-order valence-corrected chi connectivity index (χ4v) is 5.01. The first kappa shape index (κ1) is 25.3. The lowest BCUT2D eigenvalue weighted by Gasteiger charge is -2.49. The average Bonchev–Trinajstić information content (AvgIpc) is 2.74. The summed E-state index contributed by atoms with van der Waals surface area (Å²) in [5.41, 5.74) is -5.77. The van der Waals surface area contributed by atoms with Crippen LogP contribution in [0, 0.1) is 24.4 Å². The summed E-state index contributed by atoms with van der Waals surface area (Å²) in [5.74, 6) is -3.92. The van der Waals surface area contributed by atoms with Crippen LogP contribution in [-0.2, 0) is 5.41 Å². The Labute approximate surface area is 201 Å². The zero-order chi connectivity index (χ0) is 26.1. The maximum atomic E-state index is 14.8. The van der Waals surface area contributed by atoms with Gasteiger partial charge in [-0.1, -0.05) is 25.4 Å². The second-order valence-electron chi connectivity index (χ2n) is 9.13. The second kappa shape index (κ2) is 8.12. The second-order valence-corrected chi connectivity index (χ2v) is 9.54. The molecule has 1 aliphatic carbocycles. The van der Waals surface area contributed by atoms with Crippen LogP contribution < -0.4 is 10.1 Å². The molecule has 4 rings (SSSR count). The highest BCUT2D eigenvalue weighted by molar-refractivity contribution is 6.31. The van der Waals surface area contributed by atoms with E-state index in [1.165, 1.54) is 20.8 Å². The lowest BCUT2D eigenvalue weighted by Crippen LogP contribution is -2.58. The van der Waals surface area contributed by atoms with Crippen molar-refractivity contribution in [1.29, 1.82) is 0 Å². The van der Waals surface area contributed by atoms with Crippen molar-refractivity contribution in [1.82, 2.24) is 9.97 Å². The van der Waals surface area contributed by atoms with Crippen LogP contribution in [0.15, 0.2) is 18.3 Å². The molecule has 1 aliphatic rings. The van der Waals surface area contributed by atoms with E-state index in [1.807, 2.05) is 0 Å². The van der Waals surface area contributed by atoms with Gasteiger partial charge in [-0.05, 0) is 30.4 Å². The molecule has 5 nitrogen and oxygen atoms in total. The molecular formula is C23H20ClF6N3O2. The minimum absolute atomic E-state index is 0.0484. The number of fused-ring (bicyclic) bond motifs is 2. The van der Waals surface area contributed by atoms with Gasteiger partial charge >= 0.3 is 6.18 Å². The van der Waals surface area contributed by atoms with Gasteiger partial charge in [-0.25, -0.2) is 23.1 Å². The predicted octanol–water partition coefficient (Wildman–Crippen LogP) is 6.15. The Morgan fingerprint density at radius 2 is 1.83 bits per heavy atom. The fraction of sp³-hybridized carbons (Fsp3) is 0.391. The highest BCUT2D eigenvalue weighted by Crippen LogP contribution is 2.57. The number of aliphatic hydroxyl groups is 1. The van der Waals surface area contributed by atoms with Crippen molar-refractivity contribution in [2.75, 3.05) is 12.4 Å². The summed E-state index contributed by atoms with van der Waals surface area (Å²) in [7, 11) is 1.14. The third kappa shape index (κ3) is 3.85. The molecule has 0 fully saturated rings. The Morgan fingerprint density at radius 3 is 2.43 bits per heavy atom. The van der Waals surface area contributed by atoms with Crippen molar-refractivity contribution < 1.29 is 36.2 Å². The molecule has 2 aromatic carbocycles. The van der Waals surface area contributed by atoms with Crippen LogP contribution in [0.25, 0.3) is 10.9 Å².